The number of rotatable bonds is 11. The number of nitrogens with zero attached hydrogens (tertiary/aromatic N) is 2. The Bertz CT molecular complexity index is 310. The summed E-state index contributed by atoms with van der Waals surface area (Å²) in [7, 11) is 0. The van der Waals surface area contributed by atoms with Gasteiger partial charge in [-0.3, -0.25) is 4.90 Å². The average Bonchev–Trinajstić information content (AvgIpc) is 2.54. The van der Waals surface area contributed by atoms with Crippen molar-refractivity contribution >= 4 is 0 Å². The molecule has 1 unspecified atom stereocenters. The van der Waals surface area contributed by atoms with Crippen LogP contribution in [0.15, 0.2) is 0 Å². The SMILES string of the molecule is CCCCCCCC(CCCCC)N1CC[C@@H](N)[C@@H](C#N)C1. The van der Waals surface area contributed by atoms with Crippen LogP contribution in [0, 0.1) is 17.2 Å². The molecule has 0 radical (unpaired) electrons. The molecule has 0 aromatic heterocycles. The highest BCUT2D eigenvalue weighted by molar-refractivity contribution is 4.97. The fourth-order valence-electron chi connectivity index (χ4n) is 3.59. The molecule has 3 atom stereocenters. The second kappa shape index (κ2) is 11.9. The highest BCUT2D eigenvalue weighted by atomic mass is 15.2. The molecular weight excluding hydrogens is 270 g/mol. The quantitative estimate of drug-likeness (QED) is 0.573. The van der Waals surface area contributed by atoms with Gasteiger partial charge >= 0.3 is 0 Å². The van der Waals surface area contributed by atoms with Crippen LogP contribution >= 0.6 is 0 Å². The first-order valence-corrected chi connectivity index (χ1v) is 9.62. The third-order valence-electron chi connectivity index (χ3n) is 5.16. The summed E-state index contributed by atoms with van der Waals surface area (Å²) in [6, 6.07) is 3.19. The highest BCUT2D eigenvalue weighted by Crippen LogP contribution is 2.23. The van der Waals surface area contributed by atoms with Crippen molar-refractivity contribution in [2.75, 3.05) is 13.1 Å². The van der Waals surface area contributed by atoms with Crippen LogP contribution in [0.4, 0.5) is 0 Å². The number of piperidine rings is 1. The van der Waals surface area contributed by atoms with E-state index in [1.807, 2.05) is 0 Å². The van der Waals surface area contributed by atoms with Crippen LogP contribution in [0.5, 0.6) is 0 Å². The minimum Gasteiger partial charge on any atom is -0.326 e. The Hall–Kier alpha value is -0.590. The molecule has 1 fully saturated rings. The zero-order valence-electron chi connectivity index (χ0n) is 14.9. The standard InChI is InChI=1S/C19H37N3/c1-3-5-7-8-10-12-18(11-9-6-4-2)22-14-13-19(21)17(15-20)16-22/h17-19H,3-14,16,21H2,1-2H3/t17-,18?,19+/m0/s1. The number of unbranched alkanes of at least 4 members (excludes halogenated alkanes) is 6. The summed E-state index contributed by atoms with van der Waals surface area (Å²) < 4.78 is 0. The van der Waals surface area contributed by atoms with Gasteiger partial charge in [0, 0.05) is 18.6 Å². The summed E-state index contributed by atoms with van der Waals surface area (Å²) in [6.07, 6.45) is 14.3. The van der Waals surface area contributed by atoms with Crippen molar-refractivity contribution in [2.45, 2.75) is 96.6 Å². The van der Waals surface area contributed by atoms with Crippen molar-refractivity contribution < 1.29 is 0 Å². The van der Waals surface area contributed by atoms with Gasteiger partial charge < -0.3 is 5.73 Å². The fraction of sp³-hybridized carbons (Fsp3) is 0.947. The second-order valence-corrected chi connectivity index (χ2v) is 7.04. The number of nitriles is 1. The summed E-state index contributed by atoms with van der Waals surface area (Å²) in [4.78, 5) is 2.58. The molecule has 0 aliphatic carbocycles. The average molecular weight is 308 g/mol. The van der Waals surface area contributed by atoms with Crippen LogP contribution in [0.1, 0.15) is 84.5 Å². The molecule has 0 bridgehead atoms. The van der Waals surface area contributed by atoms with E-state index in [9.17, 15) is 5.26 Å². The zero-order valence-corrected chi connectivity index (χ0v) is 14.9. The minimum absolute atomic E-state index is 0.0301. The van der Waals surface area contributed by atoms with Gasteiger partial charge in [-0.1, -0.05) is 65.2 Å². The molecule has 1 rings (SSSR count). The van der Waals surface area contributed by atoms with E-state index in [2.05, 4.69) is 24.8 Å². The van der Waals surface area contributed by atoms with E-state index in [-0.39, 0.29) is 12.0 Å². The topological polar surface area (TPSA) is 53.0 Å². The third kappa shape index (κ3) is 7.11. The van der Waals surface area contributed by atoms with E-state index in [0.29, 0.717) is 6.04 Å². The van der Waals surface area contributed by atoms with E-state index in [1.54, 1.807) is 0 Å². The van der Waals surface area contributed by atoms with Gasteiger partial charge in [-0.05, 0) is 25.8 Å². The molecule has 128 valence electrons. The predicted molar refractivity (Wildman–Crippen MR) is 94.6 cm³/mol. The van der Waals surface area contributed by atoms with Gasteiger partial charge in [-0.2, -0.15) is 5.26 Å². The monoisotopic (exact) mass is 307 g/mol. The van der Waals surface area contributed by atoms with Crippen LogP contribution in [0.25, 0.3) is 0 Å². The molecule has 1 heterocycles. The molecule has 2 N–H and O–H groups in total. The number of hydrogen-bond donors (Lipinski definition) is 1. The minimum atomic E-state index is 0.0301. The van der Waals surface area contributed by atoms with Crippen LogP contribution in [-0.2, 0) is 0 Å². The smallest absolute Gasteiger partial charge is 0.0741 e. The van der Waals surface area contributed by atoms with Gasteiger partial charge in [0.15, 0.2) is 0 Å². The number of nitrogens with two attached hydrogens (primary N) is 1. The van der Waals surface area contributed by atoms with E-state index < -0.39 is 0 Å². The van der Waals surface area contributed by atoms with Crippen LogP contribution in [0.3, 0.4) is 0 Å². The van der Waals surface area contributed by atoms with Crippen molar-refractivity contribution in [1.82, 2.24) is 4.90 Å². The van der Waals surface area contributed by atoms with Crippen molar-refractivity contribution in [2.24, 2.45) is 11.7 Å². The lowest BCUT2D eigenvalue weighted by Gasteiger charge is -2.39. The van der Waals surface area contributed by atoms with Crippen LogP contribution < -0.4 is 5.73 Å². The Morgan fingerprint density at radius 3 is 2.27 bits per heavy atom. The zero-order chi connectivity index (χ0) is 16.2. The van der Waals surface area contributed by atoms with Crippen molar-refractivity contribution in [1.29, 1.82) is 5.26 Å². The molecule has 0 aromatic carbocycles. The Morgan fingerprint density at radius 2 is 1.64 bits per heavy atom. The lowest BCUT2D eigenvalue weighted by molar-refractivity contribution is 0.113. The molecule has 0 spiro atoms. The molecular formula is C19H37N3. The second-order valence-electron chi connectivity index (χ2n) is 7.04. The molecule has 0 amide bonds. The van der Waals surface area contributed by atoms with Crippen molar-refractivity contribution in [3.05, 3.63) is 0 Å². The lowest BCUT2D eigenvalue weighted by atomic mass is 9.91. The van der Waals surface area contributed by atoms with Crippen LogP contribution in [-0.4, -0.2) is 30.1 Å². The maximum atomic E-state index is 9.29. The Kier molecular flexibility index (Phi) is 10.5. The number of hydrogen-bond acceptors (Lipinski definition) is 3. The lowest BCUT2D eigenvalue weighted by Crippen LogP contribution is -2.50. The summed E-state index contributed by atoms with van der Waals surface area (Å²) in [6.45, 7) is 6.52. The van der Waals surface area contributed by atoms with Crippen LogP contribution in [0.2, 0.25) is 0 Å². The molecule has 1 saturated heterocycles. The molecule has 0 saturated carbocycles. The molecule has 22 heavy (non-hydrogen) atoms. The number of likely N-dealkylation sites (tertiary alicyclic amines) is 1. The Balaban J connectivity index is 2.44. The normalized spacial score (nSPS) is 24.1. The van der Waals surface area contributed by atoms with Gasteiger partial charge in [0.05, 0.1) is 12.0 Å². The first kappa shape index (κ1) is 19.5. The van der Waals surface area contributed by atoms with Gasteiger partial charge in [0.1, 0.15) is 0 Å². The van der Waals surface area contributed by atoms with Gasteiger partial charge in [0.25, 0.3) is 0 Å². The summed E-state index contributed by atoms with van der Waals surface area (Å²) in [5, 5.41) is 9.29. The molecule has 1 aliphatic heterocycles. The molecule has 3 heteroatoms. The van der Waals surface area contributed by atoms with Gasteiger partial charge in [-0.15, -0.1) is 0 Å². The fourth-order valence-corrected chi connectivity index (χ4v) is 3.59. The van der Waals surface area contributed by atoms with Crippen molar-refractivity contribution in [3.63, 3.8) is 0 Å². The van der Waals surface area contributed by atoms with E-state index in [0.717, 1.165) is 19.5 Å². The largest absolute Gasteiger partial charge is 0.326 e. The predicted octanol–water partition coefficient (Wildman–Crippen LogP) is 4.47. The Morgan fingerprint density at radius 1 is 1.05 bits per heavy atom. The Labute approximate surface area is 138 Å². The van der Waals surface area contributed by atoms with Gasteiger partial charge in [0.2, 0.25) is 0 Å². The van der Waals surface area contributed by atoms with E-state index in [4.69, 9.17) is 5.73 Å². The first-order valence-electron chi connectivity index (χ1n) is 9.62. The molecule has 3 nitrogen and oxygen atoms in total. The maximum Gasteiger partial charge on any atom is 0.0741 e. The maximum absolute atomic E-state index is 9.29. The van der Waals surface area contributed by atoms with Crippen molar-refractivity contribution in [3.8, 4) is 6.07 Å². The molecule has 0 aromatic rings. The summed E-state index contributed by atoms with van der Waals surface area (Å²) >= 11 is 0. The molecule has 1 aliphatic rings. The highest BCUT2D eigenvalue weighted by Gasteiger charge is 2.30. The van der Waals surface area contributed by atoms with E-state index >= 15 is 0 Å². The van der Waals surface area contributed by atoms with E-state index in [1.165, 1.54) is 64.2 Å². The summed E-state index contributed by atoms with van der Waals surface area (Å²) in [5.74, 6) is 0.0301. The third-order valence-corrected chi connectivity index (χ3v) is 5.16. The first-order chi connectivity index (χ1) is 10.7. The summed E-state index contributed by atoms with van der Waals surface area (Å²) in [5.41, 5.74) is 6.08. The van der Waals surface area contributed by atoms with Gasteiger partial charge in [-0.25, -0.2) is 0 Å².